The molecule has 0 aliphatic heterocycles. The molecular weight excluding hydrogens is 313 g/mol. The van der Waals surface area contributed by atoms with Crippen molar-refractivity contribution in [3.8, 4) is 5.75 Å². The maximum absolute atomic E-state index is 13.2. The number of hydrogen-bond acceptors (Lipinski definition) is 2. The van der Waals surface area contributed by atoms with Crippen LogP contribution < -0.4 is 4.74 Å². The van der Waals surface area contributed by atoms with E-state index in [1.807, 2.05) is 0 Å². The molecule has 0 saturated heterocycles. The van der Waals surface area contributed by atoms with Crippen molar-refractivity contribution in [1.29, 1.82) is 0 Å². The number of ether oxygens (including phenoxy) is 1. The molecule has 0 aromatic heterocycles. The molecule has 0 radical (unpaired) electrons. The molecule has 0 heterocycles. The summed E-state index contributed by atoms with van der Waals surface area (Å²) in [7, 11) is 1.43. The Balaban J connectivity index is 2.39. The fourth-order valence-electron chi connectivity index (χ4n) is 1.80. The van der Waals surface area contributed by atoms with E-state index >= 15 is 0 Å². The van der Waals surface area contributed by atoms with Crippen LogP contribution in [0.1, 0.15) is 5.56 Å². The quantitative estimate of drug-likeness (QED) is 0.780. The second-order valence-corrected chi connectivity index (χ2v) is 5.67. The van der Waals surface area contributed by atoms with Gasteiger partial charge in [-0.1, -0.05) is 30.3 Å². The summed E-state index contributed by atoms with van der Waals surface area (Å²) in [6.07, 6.45) is -4.60. The van der Waals surface area contributed by atoms with Gasteiger partial charge >= 0.3 is 6.18 Å². The zero-order chi connectivity index (χ0) is 16.2. The molecule has 0 amide bonds. The highest BCUT2D eigenvalue weighted by Crippen LogP contribution is 2.36. The van der Waals surface area contributed by atoms with Crippen LogP contribution in [-0.2, 0) is 11.2 Å². The van der Waals surface area contributed by atoms with Gasteiger partial charge in [-0.2, -0.15) is 13.2 Å². The Labute approximate surface area is 129 Å². The van der Waals surface area contributed by atoms with Crippen molar-refractivity contribution in [3.05, 3.63) is 65.6 Å². The van der Waals surface area contributed by atoms with Crippen molar-refractivity contribution < 1.29 is 22.5 Å². The normalized spacial score (nSPS) is 13.8. The summed E-state index contributed by atoms with van der Waals surface area (Å²) in [5.41, 5.74) is -0.991. The summed E-state index contributed by atoms with van der Waals surface area (Å²) < 4.78 is 56.7. The highest BCUT2D eigenvalue weighted by atomic mass is 32.2. The number of benzene rings is 2. The van der Waals surface area contributed by atoms with Crippen LogP contribution >= 0.6 is 0 Å². The smallest absolute Gasteiger partial charge is 0.421 e. The molecule has 2 aromatic rings. The lowest BCUT2D eigenvalue weighted by Crippen LogP contribution is -2.13. The highest BCUT2D eigenvalue weighted by Gasteiger charge is 2.37. The van der Waals surface area contributed by atoms with Gasteiger partial charge in [0.05, 0.1) is 7.11 Å². The van der Waals surface area contributed by atoms with Crippen molar-refractivity contribution in [2.45, 2.75) is 11.1 Å². The lowest BCUT2D eigenvalue weighted by atomic mass is 10.1. The van der Waals surface area contributed by atoms with Gasteiger partial charge in [0.15, 0.2) is 4.90 Å². The van der Waals surface area contributed by atoms with E-state index in [9.17, 15) is 17.7 Å². The van der Waals surface area contributed by atoms with Crippen LogP contribution in [0.5, 0.6) is 5.75 Å². The van der Waals surface area contributed by atoms with Crippen LogP contribution in [0.15, 0.2) is 64.9 Å². The minimum atomic E-state index is -4.60. The van der Waals surface area contributed by atoms with E-state index in [0.717, 1.165) is 5.41 Å². The van der Waals surface area contributed by atoms with Crippen LogP contribution in [0.2, 0.25) is 0 Å². The zero-order valence-corrected chi connectivity index (χ0v) is 12.4. The van der Waals surface area contributed by atoms with Gasteiger partial charge in [-0.15, -0.1) is 0 Å². The molecule has 1 atom stereocenters. The Morgan fingerprint density at radius 1 is 1.05 bits per heavy atom. The maximum atomic E-state index is 13.2. The number of methoxy groups -OCH3 is 1. The van der Waals surface area contributed by atoms with Crippen molar-refractivity contribution in [2.75, 3.05) is 7.11 Å². The van der Waals surface area contributed by atoms with E-state index < -0.39 is 22.9 Å². The minimum Gasteiger partial charge on any atom is -0.607 e. The Hall–Kier alpha value is -1.92. The molecule has 0 saturated carbocycles. The number of rotatable bonds is 4. The first kappa shape index (κ1) is 16.5. The molecule has 116 valence electrons. The molecule has 0 spiro atoms. The van der Waals surface area contributed by atoms with Crippen LogP contribution in [0.4, 0.5) is 13.2 Å². The zero-order valence-electron chi connectivity index (χ0n) is 11.6. The van der Waals surface area contributed by atoms with Gasteiger partial charge in [-0.3, -0.25) is 0 Å². The molecule has 2 nitrogen and oxygen atoms in total. The maximum Gasteiger partial charge on any atom is 0.421 e. The molecule has 0 bridgehead atoms. The fourth-order valence-corrected chi connectivity index (χ4v) is 2.84. The lowest BCUT2D eigenvalue weighted by molar-refractivity contribution is -0.0688. The van der Waals surface area contributed by atoms with Crippen molar-refractivity contribution >= 4 is 16.7 Å². The Kier molecular flexibility index (Phi) is 5.15. The molecule has 2 rings (SSSR count). The molecule has 6 heteroatoms. The van der Waals surface area contributed by atoms with Crippen LogP contribution in [0, 0.1) is 0 Å². The second kappa shape index (κ2) is 6.89. The predicted octanol–water partition coefficient (Wildman–Crippen LogP) is 4.41. The number of alkyl halides is 3. The SMILES string of the molecule is COc1ccc(/C(=C\[S+]([O-])c2ccccc2)C(F)(F)F)cc1. The van der Waals surface area contributed by atoms with Gasteiger partial charge in [0.2, 0.25) is 0 Å². The van der Waals surface area contributed by atoms with Crippen molar-refractivity contribution in [1.82, 2.24) is 0 Å². The summed E-state index contributed by atoms with van der Waals surface area (Å²) in [4.78, 5) is 0.317. The van der Waals surface area contributed by atoms with E-state index in [1.165, 1.54) is 43.5 Å². The van der Waals surface area contributed by atoms with Gasteiger partial charge < -0.3 is 9.29 Å². The topological polar surface area (TPSA) is 32.3 Å². The average Bonchev–Trinajstić information content (AvgIpc) is 2.52. The summed E-state index contributed by atoms with van der Waals surface area (Å²) >= 11 is -1.88. The Morgan fingerprint density at radius 2 is 1.64 bits per heavy atom. The lowest BCUT2D eigenvalue weighted by Gasteiger charge is -2.13. The molecule has 1 unspecified atom stereocenters. The van der Waals surface area contributed by atoms with E-state index in [1.54, 1.807) is 18.2 Å². The summed E-state index contributed by atoms with van der Waals surface area (Å²) in [5, 5.41) is 0.733. The molecule has 0 N–H and O–H groups in total. The number of hydrogen-bond donors (Lipinski definition) is 0. The van der Waals surface area contributed by atoms with Gasteiger partial charge in [0, 0.05) is 11.2 Å². The third-order valence-electron chi connectivity index (χ3n) is 2.91. The predicted molar refractivity (Wildman–Crippen MR) is 79.9 cm³/mol. The first-order valence-corrected chi connectivity index (χ1v) is 7.52. The van der Waals surface area contributed by atoms with Crippen LogP contribution in [0.3, 0.4) is 0 Å². The molecule has 0 aliphatic carbocycles. The largest absolute Gasteiger partial charge is 0.607 e. The Bertz CT molecular complexity index is 637. The van der Waals surface area contributed by atoms with Crippen molar-refractivity contribution in [2.24, 2.45) is 0 Å². The third-order valence-corrected chi connectivity index (χ3v) is 4.09. The molecule has 0 aliphatic rings. The highest BCUT2D eigenvalue weighted by molar-refractivity contribution is 7.94. The van der Waals surface area contributed by atoms with E-state index in [0.29, 0.717) is 10.6 Å². The van der Waals surface area contributed by atoms with Gasteiger partial charge in [0.1, 0.15) is 16.7 Å². The van der Waals surface area contributed by atoms with Gasteiger partial charge in [0.25, 0.3) is 0 Å². The number of halogens is 3. The van der Waals surface area contributed by atoms with Crippen molar-refractivity contribution in [3.63, 3.8) is 0 Å². The first-order valence-electron chi connectivity index (χ1n) is 6.31. The van der Waals surface area contributed by atoms with E-state index in [-0.39, 0.29) is 5.56 Å². The van der Waals surface area contributed by atoms with E-state index in [2.05, 4.69) is 0 Å². The summed E-state index contributed by atoms with van der Waals surface area (Å²) in [6.45, 7) is 0. The van der Waals surface area contributed by atoms with Crippen LogP contribution in [0.25, 0.3) is 5.57 Å². The number of allylic oxidation sites excluding steroid dienone is 1. The monoisotopic (exact) mass is 326 g/mol. The first-order chi connectivity index (χ1) is 10.4. The van der Waals surface area contributed by atoms with Gasteiger partial charge in [-0.05, 0) is 29.8 Å². The van der Waals surface area contributed by atoms with Gasteiger partial charge in [-0.25, -0.2) is 0 Å². The van der Waals surface area contributed by atoms with E-state index in [4.69, 9.17) is 4.74 Å². The molecule has 2 aromatic carbocycles. The molecule has 22 heavy (non-hydrogen) atoms. The third kappa shape index (κ3) is 4.05. The second-order valence-electron chi connectivity index (χ2n) is 4.37. The fraction of sp³-hybridized carbons (Fsp3) is 0.125. The molecular formula is C16H13F3O2S. The molecule has 0 fully saturated rings. The standard InChI is InChI=1S/C16H13F3O2S/c1-21-13-9-7-12(8-10-13)15(16(17,18)19)11-22(20)14-5-3-2-4-6-14/h2-11H,1H3/b15-11+. The van der Waals surface area contributed by atoms with Crippen LogP contribution in [-0.4, -0.2) is 17.8 Å². The summed E-state index contributed by atoms with van der Waals surface area (Å²) in [6, 6.07) is 13.5. The summed E-state index contributed by atoms with van der Waals surface area (Å²) in [5.74, 6) is 0.453. The Morgan fingerprint density at radius 3 is 2.14 bits per heavy atom. The average molecular weight is 326 g/mol. The minimum absolute atomic E-state index is 0.0578.